The van der Waals surface area contributed by atoms with Gasteiger partial charge in [-0.3, -0.25) is 4.90 Å². The molecule has 3 heterocycles. The summed E-state index contributed by atoms with van der Waals surface area (Å²) in [6, 6.07) is 1.51. The van der Waals surface area contributed by atoms with E-state index in [1.807, 2.05) is 0 Å². The molecule has 2 saturated heterocycles. The van der Waals surface area contributed by atoms with Gasteiger partial charge in [-0.15, -0.1) is 10.2 Å². The normalized spacial score (nSPS) is 28.7. The van der Waals surface area contributed by atoms with Crippen molar-refractivity contribution in [2.24, 2.45) is 0 Å². The van der Waals surface area contributed by atoms with Crippen LogP contribution in [0.2, 0.25) is 0 Å². The van der Waals surface area contributed by atoms with Gasteiger partial charge in [0.15, 0.2) is 0 Å². The first kappa shape index (κ1) is 12.4. The van der Waals surface area contributed by atoms with Crippen LogP contribution in [0.25, 0.3) is 0 Å². The fourth-order valence-corrected chi connectivity index (χ4v) is 4.15. The molecule has 1 aromatic rings. The van der Waals surface area contributed by atoms with Crippen LogP contribution in [0.4, 0.5) is 5.13 Å². The number of anilines is 1. The Labute approximate surface area is 113 Å². The number of hydrogen-bond donors (Lipinski definition) is 0. The lowest BCUT2D eigenvalue weighted by atomic mass is 10.1. The molecule has 0 N–H and O–H groups in total. The van der Waals surface area contributed by atoms with Crippen molar-refractivity contribution in [3.8, 4) is 0 Å². The van der Waals surface area contributed by atoms with Gasteiger partial charge >= 0.3 is 0 Å². The van der Waals surface area contributed by atoms with Crippen LogP contribution >= 0.6 is 11.3 Å². The number of aromatic nitrogens is 2. The summed E-state index contributed by atoms with van der Waals surface area (Å²) >= 11 is 1.79. The minimum Gasteiger partial charge on any atom is -0.345 e. The van der Waals surface area contributed by atoms with E-state index in [1.54, 1.807) is 11.3 Å². The van der Waals surface area contributed by atoms with Crippen LogP contribution in [0.5, 0.6) is 0 Å². The molecule has 2 bridgehead atoms. The van der Waals surface area contributed by atoms with Crippen molar-refractivity contribution in [3.63, 3.8) is 0 Å². The van der Waals surface area contributed by atoms with Gasteiger partial charge in [-0.2, -0.15) is 0 Å². The Kier molecular flexibility index (Phi) is 3.52. The summed E-state index contributed by atoms with van der Waals surface area (Å²) in [6.07, 6.45) is 6.22. The first-order chi connectivity index (χ1) is 8.78. The lowest BCUT2D eigenvalue weighted by molar-refractivity contribution is 0.254. The van der Waals surface area contributed by atoms with Crippen LogP contribution in [0.1, 0.15) is 37.6 Å². The fraction of sp³-hybridized carbons (Fsp3) is 0.846. The van der Waals surface area contributed by atoms with E-state index < -0.39 is 0 Å². The quantitative estimate of drug-likeness (QED) is 0.839. The highest BCUT2D eigenvalue weighted by Crippen LogP contribution is 2.31. The van der Waals surface area contributed by atoms with Crippen LogP contribution in [0.15, 0.2) is 0 Å². The van der Waals surface area contributed by atoms with Gasteiger partial charge in [0.25, 0.3) is 0 Å². The van der Waals surface area contributed by atoms with E-state index in [0.29, 0.717) is 0 Å². The van der Waals surface area contributed by atoms with Gasteiger partial charge in [0.2, 0.25) is 5.13 Å². The molecule has 18 heavy (non-hydrogen) atoms. The Balaban J connectivity index is 1.72. The predicted octanol–water partition coefficient (Wildman–Crippen LogP) is 2.16. The summed E-state index contributed by atoms with van der Waals surface area (Å²) in [7, 11) is 2.29. The molecule has 0 spiro atoms. The number of nitrogens with zero attached hydrogens (tertiary/aromatic N) is 4. The van der Waals surface area contributed by atoms with E-state index in [1.165, 1.54) is 24.3 Å². The van der Waals surface area contributed by atoms with Gasteiger partial charge in [0.1, 0.15) is 5.01 Å². The monoisotopic (exact) mass is 266 g/mol. The second-order valence-corrected chi connectivity index (χ2v) is 6.55. The first-order valence-corrected chi connectivity index (χ1v) is 7.89. The maximum Gasteiger partial charge on any atom is 0.208 e. The lowest BCUT2D eigenvalue weighted by Crippen LogP contribution is -2.36. The fourth-order valence-electron chi connectivity index (χ4n) is 3.17. The van der Waals surface area contributed by atoms with Crippen LogP contribution in [-0.4, -0.2) is 47.3 Å². The van der Waals surface area contributed by atoms with Crippen LogP contribution in [0, 0.1) is 0 Å². The van der Waals surface area contributed by atoms with Gasteiger partial charge in [-0.1, -0.05) is 18.3 Å². The zero-order chi connectivity index (χ0) is 12.5. The zero-order valence-corrected chi connectivity index (χ0v) is 12.1. The molecule has 100 valence electrons. The summed E-state index contributed by atoms with van der Waals surface area (Å²) in [6.45, 7) is 4.47. The minimum absolute atomic E-state index is 0.719. The van der Waals surface area contributed by atoms with E-state index in [4.69, 9.17) is 0 Å². The zero-order valence-electron chi connectivity index (χ0n) is 11.3. The molecule has 2 aliphatic rings. The summed E-state index contributed by atoms with van der Waals surface area (Å²) in [5, 5.41) is 11.0. The Morgan fingerprint density at radius 1 is 1.22 bits per heavy atom. The van der Waals surface area contributed by atoms with E-state index >= 15 is 0 Å². The van der Waals surface area contributed by atoms with Gasteiger partial charge in [0, 0.05) is 31.6 Å². The van der Waals surface area contributed by atoms with Crippen molar-refractivity contribution in [2.45, 2.75) is 51.1 Å². The topological polar surface area (TPSA) is 32.3 Å². The molecule has 2 fully saturated rings. The molecule has 0 amide bonds. The minimum atomic E-state index is 0.719. The molecule has 0 aromatic carbocycles. The summed E-state index contributed by atoms with van der Waals surface area (Å²) in [5.41, 5.74) is 0. The number of hydrogen-bond acceptors (Lipinski definition) is 5. The third kappa shape index (κ3) is 2.26. The molecule has 3 rings (SSSR count). The van der Waals surface area contributed by atoms with Crippen molar-refractivity contribution in [1.29, 1.82) is 0 Å². The summed E-state index contributed by atoms with van der Waals surface area (Å²) in [4.78, 5) is 5.03. The third-order valence-electron chi connectivity index (χ3n) is 4.34. The second-order valence-electron chi connectivity index (χ2n) is 5.51. The predicted molar refractivity (Wildman–Crippen MR) is 75.3 cm³/mol. The standard InChI is InChI=1S/C13H22N4S/c1-3-4-12-14-15-13(18-12)17-8-7-10-5-6-11(9-17)16(10)2/h10-11H,3-9H2,1-2H3. The van der Waals surface area contributed by atoms with Crippen molar-refractivity contribution < 1.29 is 0 Å². The molecular formula is C13H22N4S. The van der Waals surface area contributed by atoms with Crippen molar-refractivity contribution in [1.82, 2.24) is 15.1 Å². The largest absolute Gasteiger partial charge is 0.345 e. The van der Waals surface area contributed by atoms with Crippen LogP contribution < -0.4 is 4.90 Å². The Morgan fingerprint density at radius 3 is 2.89 bits per heavy atom. The Bertz CT molecular complexity index is 405. The van der Waals surface area contributed by atoms with Gasteiger partial charge < -0.3 is 4.90 Å². The van der Waals surface area contributed by atoms with Gasteiger partial charge in [0.05, 0.1) is 0 Å². The molecule has 2 unspecified atom stereocenters. The molecule has 0 aliphatic carbocycles. The molecule has 0 radical (unpaired) electrons. The smallest absolute Gasteiger partial charge is 0.208 e. The number of aryl methyl sites for hydroxylation is 1. The third-order valence-corrected chi connectivity index (χ3v) is 5.38. The summed E-state index contributed by atoms with van der Waals surface area (Å²) in [5.74, 6) is 0. The maximum absolute atomic E-state index is 4.38. The number of likely N-dealkylation sites (N-methyl/N-ethyl adjacent to an activating group) is 1. The van der Waals surface area contributed by atoms with Crippen molar-refractivity contribution in [2.75, 3.05) is 25.0 Å². The molecule has 5 heteroatoms. The van der Waals surface area contributed by atoms with Crippen molar-refractivity contribution >= 4 is 16.5 Å². The first-order valence-electron chi connectivity index (χ1n) is 7.07. The average Bonchev–Trinajstić information content (AvgIpc) is 2.87. The maximum atomic E-state index is 4.38. The van der Waals surface area contributed by atoms with Crippen molar-refractivity contribution in [3.05, 3.63) is 5.01 Å². The van der Waals surface area contributed by atoms with Gasteiger partial charge in [-0.25, -0.2) is 0 Å². The van der Waals surface area contributed by atoms with Gasteiger partial charge in [-0.05, 0) is 32.7 Å². The lowest BCUT2D eigenvalue weighted by Gasteiger charge is -2.24. The number of rotatable bonds is 3. The Morgan fingerprint density at radius 2 is 2.06 bits per heavy atom. The molecule has 2 aliphatic heterocycles. The Hall–Kier alpha value is -0.680. The SMILES string of the molecule is CCCc1nnc(N2CCC3CCC(C2)N3C)s1. The molecule has 4 nitrogen and oxygen atoms in total. The van der Waals surface area contributed by atoms with Crippen LogP contribution in [0.3, 0.4) is 0 Å². The molecule has 2 atom stereocenters. The van der Waals surface area contributed by atoms with E-state index in [-0.39, 0.29) is 0 Å². The average molecular weight is 266 g/mol. The van der Waals surface area contributed by atoms with Crippen LogP contribution in [-0.2, 0) is 6.42 Å². The highest BCUT2D eigenvalue weighted by Gasteiger charge is 2.35. The molecule has 0 saturated carbocycles. The highest BCUT2D eigenvalue weighted by molar-refractivity contribution is 7.15. The molecule has 1 aromatic heterocycles. The van der Waals surface area contributed by atoms with E-state index in [2.05, 4.69) is 34.0 Å². The second kappa shape index (κ2) is 5.13. The highest BCUT2D eigenvalue weighted by atomic mass is 32.1. The van der Waals surface area contributed by atoms with E-state index in [0.717, 1.165) is 43.1 Å². The van der Waals surface area contributed by atoms with E-state index in [9.17, 15) is 0 Å². The molecular weight excluding hydrogens is 244 g/mol. The summed E-state index contributed by atoms with van der Waals surface area (Å²) < 4.78 is 0. The number of fused-ring (bicyclic) bond motifs is 2.